The molecular formula is C16H20N4O. The minimum atomic E-state index is 0.301. The van der Waals surface area contributed by atoms with E-state index in [-0.39, 0.29) is 0 Å². The van der Waals surface area contributed by atoms with Crippen LogP contribution in [0.4, 0.5) is 0 Å². The van der Waals surface area contributed by atoms with Crippen LogP contribution in [0.1, 0.15) is 37.7 Å². The van der Waals surface area contributed by atoms with Crippen LogP contribution in [0.2, 0.25) is 0 Å². The maximum absolute atomic E-state index is 9.12. The summed E-state index contributed by atoms with van der Waals surface area (Å²) in [6.45, 7) is 7.33. The molecule has 0 aliphatic rings. The Morgan fingerprint density at radius 3 is 2.86 bits per heavy atom. The van der Waals surface area contributed by atoms with Crippen LogP contribution >= 0.6 is 0 Å². The van der Waals surface area contributed by atoms with Crippen molar-refractivity contribution in [3.63, 3.8) is 0 Å². The highest BCUT2D eigenvalue weighted by molar-refractivity contribution is 5.29. The summed E-state index contributed by atoms with van der Waals surface area (Å²) in [6.07, 6.45) is 0.966. The van der Waals surface area contributed by atoms with Crippen LogP contribution in [0, 0.1) is 17.2 Å². The molecule has 0 atom stereocenters. The second-order valence-electron chi connectivity index (χ2n) is 5.36. The van der Waals surface area contributed by atoms with Crippen molar-refractivity contribution in [1.29, 1.82) is 5.26 Å². The van der Waals surface area contributed by atoms with E-state index in [9.17, 15) is 0 Å². The van der Waals surface area contributed by atoms with Crippen molar-refractivity contribution in [3.8, 4) is 11.8 Å². The van der Waals surface area contributed by atoms with Crippen LogP contribution in [-0.2, 0) is 19.6 Å². The summed E-state index contributed by atoms with van der Waals surface area (Å²) in [7, 11) is 0. The molecule has 0 aliphatic carbocycles. The number of rotatable bonds is 6. The van der Waals surface area contributed by atoms with Gasteiger partial charge in [0.25, 0.3) is 0 Å². The summed E-state index contributed by atoms with van der Waals surface area (Å²) in [4.78, 5) is 0. The Morgan fingerprint density at radius 1 is 1.38 bits per heavy atom. The van der Waals surface area contributed by atoms with Gasteiger partial charge in [-0.3, -0.25) is 0 Å². The van der Waals surface area contributed by atoms with Crippen molar-refractivity contribution < 1.29 is 4.74 Å². The summed E-state index contributed by atoms with van der Waals surface area (Å²) < 4.78 is 7.56. The molecule has 0 spiro atoms. The van der Waals surface area contributed by atoms with E-state index in [1.165, 1.54) is 5.56 Å². The molecule has 0 saturated carbocycles. The number of nitrogens with zero attached hydrogens (tertiary/aromatic N) is 4. The fourth-order valence-electron chi connectivity index (χ4n) is 2.06. The molecule has 0 aliphatic heterocycles. The molecule has 0 amide bonds. The SMILES string of the molecule is CCc1cccc(OCc2c(C#N)nnn2CC(C)C)c1. The highest BCUT2D eigenvalue weighted by Gasteiger charge is 2.14. The number of benzene rings is 1. The van der Waals surface area contributed by atoms with Gasteiger partial charge in [-0.2, -0.15) is 5.26 Å². The van der Waals surface area contributed by atoms with Crippen molar-refractivity contribution in [2.45, 2.75) is 40.3 Å². The summed E-state index contributed by atoms with van der Waals surface area (Å²) in [5, 5.41) is 17.1. The first kappa shape index (κ1) is 15.0. The molecular weight excluding hydrogens is 264 g/mol. The second kappa shape index (κ2) is 6.89. The van der Waals surface area contributed by atoms with Crippen molar-refractivity contribution in [2.24, 2.45) is 5.92 Å². The molecule has 1 aromatic carbocycles. The van der Waals surface area contributed by atoms with Crippen LogP contribution in [0.5, 0.6) is 5.75 Å². The number of hydrogen-bond acceptors (Lipinski definition) is 4. The maximum atomic E-state index is 9.12. The zero-order valence-electron chi connectivity index (χ0n) is 12.7. The van der Waals surface area contributed by atoms with Crippen LogP contribution in [0.25, 0.3) is 0 Å². The first-order valence-corrected chi connectivity index (χ1v) is 7.18. The smallest absolute Gasteiger partial charge is 0.189 e. The van der Waals surface area contributed by atoms with Gasteiger partial charge in [0, 0.05) is 6.54 Å². The third kappa shape index (κ3) is 3.82. The van der Waals surface area contributed by atoms with E-state index in [1.807, 2.05) is 18.2 Å². The first-order chi connectivity index (χ1) is 10.1. The predicted octanol–water partition coefficient (Wildman–Crippen LogP) is 2.95. The lowest BCUT2D eigenvalue weighted by Gasteiger charge is -2.11. The van der Waals surface area contributed by atoms with Crippen LogP contribution in [-0.4, -0.2) is 15.0 Å². The van der Waals surface area contributed by atoms with Gasteiger partial charge in [0.15, 0.2) is 5.69 Å². The molecule has 21 heavy (non-hydrogen) atoms. The molecule has 0 fully saturated rings. The van der Waals surface area contributed by atoms with Gasteiger partial charge in [0.05, 0.1) is 0 Å². The molecule has 0 radical (unpaired) electrons. The highest BCUT2D eigenvalue weighted by atomic mass is 16.5. The minimum absolute atomic E-state index is 0.301. The van der Waals surface area contributed by atoms with E-state index in [1.54, 1.807) is 4.68 Å². The fraction of sp³-hybridized carbons (Fsp3) is 0.438. The van der Waals surface area contributed by atoms with Crippen molar-refractivity contribution in [1.82, 2.24) is 15.0 Å². The molecule has 0 N–H and O–H groups in total. The van der Waals surface area contributed by atoms with E-state index >= 15 is 0 Å². The molecule has 0 bridgehead atoms. The fourth-order valence-corrected chi connectivity index (χ4v) is 2.06. The van der Waals surface area contributed by atoms with E-state index < -0.39 is 0 Å². The summed E-state index contributed by atoms with van der Waals surface area (Å²) in [5.74, 6) is 1.23. The van der Waals surface area contributed by atoms with Crippen molar-refractivity contribution in [3.05, 3.63) is 41.2 Å². The number of ether oxygens (including phenoxy) is 1. The normalized spacial score (nSPS) is 10.6. The van der Waals surface area contributed by atoms with Gasteiger partial charge < -0.3 is 4.74 Å². The molecule has 5 nitrogen and oxygen atoms in total. The topological polar surface area (TPSA) is 63.7 Å². The summed E-state index contributed by atoms with van der Waals surface area (Å²) in [6, 6.07) is 10.1. The maximum Gasteiger partial charge on any atom is 0.189 e. The van der Waals surface area contributed by atoms with Crippen molar-refractivity contribution >= 4 is 0 Å². The van der Waals surface area contributed by atoms with E-state index in [0.29, 0.717) is 18.2 Å². The highest BCUT2D eigenvalue weighted by Crippen LogP contribution is 2.17. The number of nitriles is 1. The molecule has 2 aromatic rings. The Balaban J connectivity index is 2.15. The van der Waals surface area contributed by atoms with Gasteiger partial charge in [0.1, 0.15) is 24.1 Å². The Labute approximate surface area is 125 Å². The van der Waals surface area contributed by atoms with E-state index in [0.717, 1.165) is 24.4 Å². The average molecular weight is 284 g/mol. The third-order valence-corrected chi connectivity index (χ3v) is 3.16. The molecule has 0 saturated heterocycles. The largest absolute Gasteiger partial charge is 0.487 e. The van der Waals surface area contributed by atoms with Gasteiger partial charge in [0.2, 0.25) is 0 Å². The standard InChI is InChI=1S/C16H20N4O/c1-4-13-6-5-7-14(8-13)21-11-16-15(9-17)18-19-20(16)10-12(2)3/h5-8,12H,4,10-11H2,1-3H3. The molecule has 1 aromatic heterocycles. The Morgan fingerprint density at radius 2 is 2.19 bits per heavy atom. The monoisotopic (exact) mass is 284 g/mol. The zero-order chi connectivity index (χ0) is 15.2. The van der Waals surface area contributed by atoms with Gasteiger partial charge >= 0.3 is 0 Å². The van der Waals surface area contributed by atoms with Crippen LogP contribution in [0.15, 0.2) is 24.3 Å². The molecule has 1 heterocycles. The van der Waals surface area contributed by atoms with Crippen molar-refractivity contribution in [2.75, 3.05) is 0 Å². The number of hydrogen-bond donors (Lipinski definition) is 0. The Bertz CT molecular complexity index is 640. The molecule has 110 valence electrons. The van der Waals surface area contributed by atoms with E-state index in [4.69, 9.17) is 10.00 Å². The predicted molar refractivity (Wildman–Crippen MR) is 79.7 cm³/mol. The number of aryl methyl sites for hydroxylation is 1. The number of aromatic nitrogens is 3. The van der Waals surface area contributed by atoms with E-state index in [2.05, 4.69) is 43.2 Å². The van der Waals surface area contributed by atoms with Crippen LogP contribution < -0.4 is 4.74 Å². The quantitative estimate of drug-likeness (QED) is 0.818. The Kier molecular flexibility index (Phi) is 4.94. The zero-order valence-corrected chi connectivity index (χ0v) is 12.7. The second-order valence-corrected chi connectivity index (χ2v) is 5.36. The summed E-state index contributed by atoms with van der Waals surface area (Å²) in [5.41, 5.74) is 2.29. The van der Waals surface area contributed by atoms with Gasteiger partial charge in [-0.25, -0.2) is 4.68 Å². The lowest BCUT2D eigenvalue weighted by atomic mass is 10.2. The minimum Gasteiger partial charge on any atom is -0.487 e. The van der Waals surface area contributed by atoms with Gasteiger partial charge in [-0.1, -0.05) is 38.1 Å². The lowest BCUT2D eigenvalue weighted by molar-refractivity contribution is 0.287. The third-order valence-electron chi connectivity index (χ3n) is 3.16. The first-order valence-electron chi connectivity index (χ1n) is 7.18. The van der Waals surface area contributed by atoms with Gasteiger partial charge in [-0.05, 0) is 30.0 Å². The van der Waals surface area contributed by atoms with Crippen LogP contribution in [0.3, 0.4) is 0 Å². The molecule has 0 unspecified atom stereocenters. The average Bonchev–Trinajstić information content (AvgIpc) is 2.86. The Hall–Kier alpha value is -2.35. The van der Waals surface area contributed by atoms with Gasteiger partial charge in [-0.15, -0.1) is 5.10 Å². The molecule has 5 heteroatoms. The summed E-state index contributed by atoms with van der Waals surface area (Å²) >= 11 is 0. The lowest BCUT2D eigenvalue weighted by Crippen LogP contribution is -2.12. The molecule has 2 rings (SSSR count).